The Morgan fingerprint density at radius 3 is 2.40 bits per heavy atom. The van der Waals surface area contributed by atoms with Gasteiger partial charge in [-0.2, -0.15) is 0 Å². The highest BCUT2D eigenvalue weighted by molar-refractivity contribution is 6.00. The van der Waals surface area contributed by atoms with Crippen molar-refractivity contribution in [1.82, 2.24) is 0 Å². The third kappa shape index (κ3) is 3.13. The first kappa shape index (κ1) is 15.5. The molecule has 1 amide bonds. The van der Waals surface area contributed by atoms with E-state index < -0.39 is 0 Å². The molecule has 0 fully saturated rings. The zero-order valence-corrected chi connectivity index (χ0v) is 14.1. The van der Waals surface area contributed by atoms with Crippen molar-refractivity contribution in [3.05, 3.63) is 72.8 Å². The number of fused-ring (bicyclic) bond motifs is 1. The van der Waals surface area contributed by atoms with E-state index in [1.807, 2.05) is 25.1 Å². The van der Waals surface area contributed by atoms with E-state index in [0.29, 0.717) is 6.42 Å². The van der Waals surface area contributed by atoms with Gasteiger partial charge in [0.25, 0.3) is 0 Å². The Labute approximate surface area is 147 Å². The Kier molecular flexibility index (Phi) is 3.98. The van der Waals surface area contributed by atoms with Crippen molar-refractivity contribution >= 4 is 17.3 Å². The van der Waals surface area contributed by atoms with Crippen LogP contribution < -0.4 is 10.6 Å². The summed E-state index contributed by atoms with van der Waals surface area (Å²) in [4.78, 5) is 12.0. The quantitative estimate of drug-likeness (QED) is 0.682. The fraction of sp³-hybridized carbons (Fsp3) is 0.136. The van der Waals surface area contributed by atoms with Crippen LogP contribution in [-0.2, 0) is 4.79 Å². The lowest BCUT2D eigenvalue weighted by Gasteiger charge is -2.17. The van der Waals surface area contributed by atoms with Gasteiger partial charge in [0, 0.05) is 18.0 Å². The summed E-state index contributed by atoms with van der Waals surface area (Å²) in [6, 6.07) is 25.0. The largest absolute Gasteiger partial charge is 0.380 e. The van der Waals surface area contributed by atoms with Crippen molar-refractivity contribution in [3.8, 4) is 22.3 Å². The third-order valence-electron chi connectivity index (χ3n) is 4.50. The zero-order valence-electron chi connectivity index (χ0n) is 14.1. The van der Waals surface area contributed by atoms with E-state index >= 15 is 0 Å². The van der Waals surface area contributed by atoms with Gasteiger partial charge in [0.15, 0.2) is 0 Å². The first-order valence-corrected chi connectivity index (χ1v) is 8.56. The topological polar surface area (TPSA) is 41.1 Å². The Morgan fingerprint density at radius 1 is 0.840 bits per heavy atom. The van der Waals surface area contributed by atoms with E-state index in [-0.39, 0.29) is 11.9 Å². The van der Waals surface area contributed by atoms with Crippen molar-refractivity contribution in [2.75, 3.05) is 10.6 Å². The molecular formula is C22H20N2O. The van der Waals surface area contributed by atoms with Crippen LogP contribution in [0, 0.1) is 0 Å². The van der Waals surface area contributed by atoms with Gasteiger partial charge >= 0.3 is 0 Å². The molecule has 3 nitrogen and oxygen atoms in total. The van der Waals surface area contributed by atoms with Gasteiger partial charge in [-0.15, -0.1) is 0 Å². The SMILES string of the molecule is C[C@@H]1CC(=O)Nc2cccc(-c3cccc(-c4ccccc4)c3)c2N1. The first-order valence-electron chi connectivity index (χ1n) is 8.56. The Morgan fingerprint density at radius 2 is 1.56 bits per heavy atom. The fourth-order valence-electron chi connectivity index (χ4n) is 3.33. The van der Waals surface area contributed by atoms with Crippen LogP contribution >= 0.6 is 0 Å². The van der Waals surface area contributed by atoms with E-state index in [1.165, 1.54) is 11.1 Å². The standard InChI is InChI=1S/C22H20N2O/c1-15-13-21(25)24-20-12-6-11-19(22(20)23-15)18-10-5-9-17(14-18)16-7-3-2-4-8-16/h2-12,14-15,23H,13H2,1H3,(H,24,25)/t15-/m1/s1. The molecule has 3 aromatic carbocycles. The number of amides is 1. The molecule has 25 heavy (non-hydrogen) atoms. The number of carbonyl (C=O) groups is 1. The maximum Gasteiger partial charge on any atom is 0.226 e. The van der Waals surface area contributed by atoms with Crippen molar-refractivity contribution in [1.29, 1.82) is 0 Å². The van der Waals surface area contributed by atoms with E-state index in [9.17, 15) is 4.79 Å². The molecule has 4 rings (SSSR count). The molecule has 1 heterocycles. The number of rotatable bonds is 2. The van der Waals surface area contributed by atoms with Gasteiger partial charge in [-0.1, -0.05) is 60.7 Å². The fourth-order valence-corrected chi connectivity index (χ4v) is 3.33. The van der Waals surface area contributed by atoms with Gasteiger partial charge in [0.05, 0.1) is 11.4 Å². The lowest BCUT2D eigenvalue weighted by atomic mass is 9.97. The molecule has 0 saturated carbocycles. The second kappa shape index (κ2) is 6.44. The summed E-state index contributed by atoms with van der Waals surface area (Å²) >= 11 is 0. The van der Waals surface area contributed by atoms with E-state index in [2.05, 4.69) is 65.2 Å². The van der Waals surface area contributed by atoms with Crippen LogP contribution in [0.5, 0.6) is 0 Å². The van der Waals surface area contributed by atoms with E-state index in [0.717, 1.165) is 22.5 Å². The summed E-state index contributed by atoms with van der Waals surface area (Å²) in [5.74, 6) is 0.0499. The molecule has 0 aromatic heterocycles. The molecule has 0 unspecified atom stereocenters. The zero-order chi connectivity index (χ0) is 17.2. The summed E-state index contributed by atoms with van der Waals surface area (Å²) in [6.45, 7) is 2.03. The normalized spacial score (nSPS) is 16.4. The number of hydrogen-bond acceptors (Lipinski definition) is 2. The Bertz CT molecular complexity index is 918. The van der Waals surface area contributed by atoms with Gasteiger partial charge in [-0.05, 0) is 35.7 Å². The molecule has 3 heteroatoms. The minimum Gasteiger partial charge on any atom is -0.380 e. The molecule has 0 bridgehead atoms. The highest BCUT2D eigenvalue weighted by atomic mass is 16.1. The van der Waals surface area contributed by atoms with Gasteiger partial charge < -0.3 is 10.6 Å². The number of nitrogens with one attached hydrogen (secondary N) is 2. The van der Waals surface area contributed by atoms with E-state index in [4.69, 9.17) is 0 Å². The van der Waals surface area contributed by atoms with Crippen LogP contribution in [0.25, 0.3) is 22.3 Å². The Hall–Kier alpha value is -3.07. The monoisotopic (exact) mass is 328 g/mol. The molecule has 1 aliphatic rings. The van der Waals surface area contributed by atoms with Crippen LogP contribution in [-0.4, -0.2) is 11.9 Å². The minimum absolute atomic E-state index is 0.0499. The molecule has 0 radical (unpaired) electrons. The third-order valence-corrected chi connectivity index (χ3v) is 4.50. The summed E-state index contributed by atoms with van der Waals surface area (Å²) in [5, 5.41) is 6.50. The van der Waals surface area contributed by atoms with Crippen molar-refractivity contribution < 1.29 is 4.79 Å². The first-order chi connectivity index (χ1) is 12.2. The van der Waals surface area contributed by atoms with Crippen molar-refractivity contribution in [2.45, 2.75) is 19.4 Å². The number of para-hydroxylation sites is 1. The molecule has 124 valence electrons. The Balaban J connectivity index is 1.81. The average molecular weight is 328 g/mol. The van der Waals surface area contributed by atoms with Gasteiger partial charge in [0.2, 0.25) is 5.91 Å². The molecule has 0 saturated heterocycles. The molecular weight excluding hydrogens is 308 g/mol. The number of anilines is 2. The highest BCUT2D eigenvalue weighted by Gasteiger charge is 2.20. The number of benzene rings is 3. The smallest absolute Gasteiger partial charge is 0.226 e. The van der Waals surface area contributed by atoms with Crippen molar-refractivity contribution in [2.24, 2.45) is 0 Å². The predicted molar refractivity (Wildman–Crippen MR) is 104 cm³/mol. The van der Waals surface area contributed by atoms with Crippen LogP contribution in [0.2, 0.25) is 0 Å². The molecule has 3 aromatic rings. The lowest BCUT2D eigenvalue weighted by molar-refractivity contribution is -0.116. The molecule has 1 aliphatic heterocycles. The van der Waals surface area contributed by atoms with E-state index in [1.54, 1.807) is 0 Å². The molecule has 1 atom stereocenters. The predicted octanol–water partition coefficient (Wildman–Crippen LogP) is 5.16. The summed E-state index contributed by atoms with van der Waals surface area (Å²) in [7, 11) is 0. The second-order valence-corrected chi connectivity index (χ2v) is 6.47. The summed E-state index contributed by atoms with van der Waals surface area (Å²) in [5.41, 5.74) is 6.45. The molecule has 0 aliphatic carbocycles. The van der Waals surface area contributed by atoms with Crippen LogP contribution in [0.3, 0.4) is 0 Å². The minimum atomic E-state index is 0.0499. The van der Waals surface area contributed by atoms with Crippen LogP contribution in [0.1, 0.15) is 13.3 Å². The molecule has 0 spiro atoms. The average Bonchev–Trinajstić information content (AvgIpc) is 2.78. The van der Waals surface area contributed by atoms with Gasteiger partial charge in [-0.25, -0.2) is 0 Å². The number of carbonyl (C=O) groups excluding carboxylic acids is 1. The second-order valence-electron chi connectivity index (χ2n) is 6.47. The summed E-state index contributed by atoms with van der Waals surface area (Å²) < 4.78 is 0. The van der Waals surface area contributed by atoms with Crippen molar-refractivity contribution in [3.63, 3.8) is 0 Å². The molecule has 2 N–H and O–H groups in total. The lowest BCUT2D eigenvalue weighted by Crippen LogP contribution is -2.19. The van der Waals surface area contributed by atoms with Gasteiger partial charge in [-0.3, -0.25) is 4.79 Å². The maximum atomic E-state index is 12.0. The highest BCUT2D eigenvalue weighted by Crippen LogP contribution is 2.37. The van der Waals surface area contributed by atoms with Gasteiger partial charge in [0.1, 0.15) is 0 Å². The summed E-state index contributed by atoms with van der Waals surface area (Å²) in [6.07, 6.45) is 0.470. The maximum absolute atomic E-state index is 12.0. The number of hydrogen-bond donors (Lipinski definition) is 2. The van der Waals surface area contributed by atoms with Crippen LogP contribution in [0.15, 0.2) is 72.8 Å². The van der Waals surface area contributed by atoms with Crippen LogP contribution in [0.4, 0.5) is 11.4 Å².